The van der Waals surface area contributed by atoms with Gasteiger partial charge in [-0.15, -0.1) is 0 Å². The number of anilines is 1. The topological polar surface area (TPSA) is 70.0 Å². The molecule has 0 unspecified atom stereocenters. The van der Waals surface area contributed by atoms with Crippen LogP contribution in [0.5, 0.6) is 0 Å². The highest BCUT2D eigenvalue weighted by molar-refractivity contribution is 7.95. The Morgan fingerprint density at radius 1 is 0.966 bits per heavy atom. The van der Waals surface area contributed by atoms with Crippen molar-refractivity contribution in [1.29, 1.82) is 5.26 Å². The molecule has 0 atom stereocenters. The average molecular weight is 455 g/mol. The molecule has 0 radical (unpaired) electrons. The van der Waals surface area contributed by atoms with E-state index >= 15 is 0 Å². The Hall–Kier alpha value is -2.71. The third kappa shape index (κ3) is 5.42. The van der Waals surface area contributed by atoms with Crippen molar-refractivity contribution in [2.75, 3.05) is 5.32 Å². The summed E-state index contributed by atoms with van der Waals surface area (Å²) < 4.78 is 102. The fourth-order valence-electron chi connectivity index (χ4n) is 2.10. The molecule has 0 aliphatic rings. The number of benzene rings is 2. The molecule has 4 nitrogen and oxygen atoms in total. The molecule has 0 heterocycles. The average Bonchev–Trinajstić information content (AvgIpc) is 2.60. The van der Waals surface area contributed by atoms with Crippen LogP contribution in [0.1, 0.15) is 11.1 Å². The highest BCUT2D eigenvalue weighted by Gasteiger charge is 2.37. The third-order valence-corrected chi connectivity index (χ3v) is 5.41. The molecule has 1 N–H and O–H groups in total. The summed E-state index contributed by atoms with van der Waals surface area (Å²) in [6.45, 7) is 0. The number of nitriles is 1. The number of alkyl halides is 6. The maximum absolute atomic E-state index is 12.9. The molecule has 0 amide bonds. The monoisotopic (exact) mass is 454 g/mol. The van der Waals surface area contributed by atoms with E-state index in [4.69, 9.17) is 16.9 Å². The minimum Gasteiger partial charge on any atom is -0.360 e. The molecule has 0 saturated heterocycles. The second kappa shape index (κ2) is 7.96. The number of rotatable bonds is 4. The Balaban J connectivity index is 2.47. The molecule has 2 rings (SSSR count). The van der Waals surface area contributed by atoms with Crippen molar-refractivity contribution in [2.24, 2.45) is 0 Å². The van der Waals surface area contributed by atoms with E-state index in [1.807, 2.05) is 5.32 Å². The summed E-state index contributed by atoms with van der Waals surface area (Å²) in [6.07, 6.45) is -9.64. The number of sulfone groups is 1. The van der Waals surface area contributed by atoms with E-state index < -0.39 is 43.9 Å². The van der Waals surface area contributed by atoms with Crippen LogP contribution in [0.2, 0.25) is 5.02 Å². The Labute approximate surface area is 165 Å². The summed E-state index contributed by atoms with van der Waals surface area (Å²) in [6, 6.07) is 6.64. The molecule has 0 saturated carbocycles. The van der Waals surface area contributed by atoms with Crippen LogP contribution in [0.3, 0.4) is 0 Å². The number of nitrogens with zero attached hydrogens (tertiary/aromatic N) is 1. The summed E-state index contributed by atoms with van der Waals surface area (Å²) in [5.41, 5.74) is -3.89. The van der Waals surface area contributed by atoms with Crippen LogP contribution in [0, 0.1) is 11.3 Å². The number of hydrogen-bond donors (Lipinski definition) is 1. The van der Waals surface area contributed by atoms with Crippen molar-refractivity contribution in [3.8, 4) is 6.07 Å². The molecule has 2 aromatic carbocycles. The van der Waals surface area contributed by atoms with Crippen molar-refractivity contribution >= 4 is 27.1 Å². The zero-order valence-electron chi connectivity index (χ0n) is 13.9. The highest BCUT2D eigenvalue weighted by atomic mass is 35.5. The van der Waals surface area contributed by atoms with Gasteiger partial charge in [0.2, 0.25) is 9.84 Å². The lowest BCUT2D eigenvalue weighted by Gasteiger charge is -2.14. The van der Waals surface area contributed by atoms with E-state index in [0.717, 1.165) is 12.1 Å². The summed E-state index contributed by atoms with van der Waals surface area (Å²) in [5.74, 6) is 0. The zero-order valence-corrected chi connectivity index (χ0v) is 15.5. The fraction of sp³-hybridized carbons (Fsp3) is 0.118. The SMILES string of the molecule is N#C/C(=C\Nc1cc(C(F)(F)F)cc(C(F)(F)F)c1)S(=O)(=O)c1ccc(Cl)cc1. The molecular weight excluding hydrogens is 446 g/mol. The van der Waals surface area contributed by atoms with Gasteiger partial charge in [0.25, 0.3) is 0 Å². The number of nitrogens with one attached hydrogen (secondary N) is 1. The second-order valence-electron chi connectivity index (χ2n) is 5.52. The van der Waals surface area contributed by atoms with Crippen LogP contribution in [-0.2, 0) is 22.2 Å². The van der Waals surface area contributed by atoms with Gasteiger partial charge in [-0.05, 0) is 42.5 Å². The largest absolute Gasteiger partial charge is 0.416 e. The smallest absolute Gasteiger partial charge is 0.360 e. The first kappa shape index (κ1) is 22.6. The Kier molecular flexibility index (Phi) is 6.20. The minimum atomic E-state index is -5.07. The van der Waals surface area contributed by atoms with Crippen LogP contribution in [-0.4, -0.2) is 8.42 Å². The highest BCUT2D eigenvalue weighted by Crippen LogP contribution is 2.37. The van der Waals surface area contributed by atoms with E-state index in [1.165, 1.54) is 18.2 Å². The predicted molar refractivity (Wildman–Crippen MR) is 92.4 cm³/mol. The summed E-state index contributed by atoms with van der Waals surface area (Å²) in [5, 5.41) is 11.3. The maximum Gasteiger partial charge on any atom is 0.416 e. The van der Waals surface area contributed by atoms with Gasteiger partial charge in [0.1, 0.15) is 6.07 Å². The van der Waals surface area contributed by atoms with Gasteiger partial charge in [0, 0.05) is 16.9 Å². The zero-order chi connectivity index (χ0) is 22.0. The van der Waals surface area contributed by atoms with E-state index in [2.05, 4.69) is 0 Å². The molecule has 29 heavy (non-hydrogen) atoms. The van der Waals surface area contributed by atoms with Crippen molar-refractivity contribution < 1.29 is 34.8 Å². The van der Waals surface area contributed by atoms with Gasteiger partial charge in [-0.1, -0.05) is 11.6 Å². The van der Waals surface area contributed by atoms with E-state index in [9.17, 15) is 34.8 Å². The van der Waals surface area contributed by atoms with Crippen LogP contribution in [0.15, 0.2) is 58.5 Å². The van der Waals surface area contributed by atoms with Gasteiger partial charge in [0.15, 0.2) is 4.91 Å². The minimum absolute atomic E-state index is 0.0788. The Morgan fingerprint density at radius 3 is 1.86 bits per heavy atom. The summed E-state index contributed by atoms with van der Waals surface area (Å²) >= 11 is 5.65. The van der Waals surface area contributed by atoms with Crippen LogP contribution < -0.4 is 5.32 Å². The maximum atomic E-state index is 12.9. The predicted octanol–water partition coefficient (Wildman–Crippen LogP) is 5.63. The van der Waals surface area contributed by atoms with Crippen molar-refractivity contribution in [2.45, 2.75) is 17.2 Å². The quantitative estimate of drug-likeness (QED) is 0.480. The van der Waals surface area contributed by atoms with E-state index in [-0.39, 0.29) is 16.0 Å². The van der Waals surface area contributed by atoms with Crippen molar-refractivity contribution in [3.05, 3.63) is 69.7 Å². The molecule has 0 spiro atoms. The lowest BCUT2D eigenvalue weighted by atomic mass is 10.1. The standard InChI is InChI=1S/C17H9ClF6N2O2S/c18-12-1-3-14(4-2-12)29(27,28)15(8-25)9-26-13-6-10(16(19,20)21)5-11(7-13)17(22,23)24/h1-7,9,26H/b15-9+. The lowest BCUT2D eigenvalue weighted by molar-refractivity contribution is -0.143. The molecular formula is C17H9ClF6N2O2S. The Bertz CT molecular complexity index is 1050. The lowest BCUT2D eigenvalue weighted by Crippen LogP contribution is -2.12. The van der Waals surface area contributed by atoms with Gasteiger partial charge >= 0.3 is 12.4 Å². The second-order valence-corrected chi connectivity index (χ2v) is 7.87. The molecule has 12 heteroatoms. The van der Waals surface area contributed by atoms with E-state index in [1.54, 1.807) is 0 Å². The molecule has 154 valence electrons. The molecule has 2 aromatic rings. The number of allylic oxidation sites excluding steroid dienone is 1. The molecule has 0 bridgehead atoms. The van der Waals surface area contributed by atoms with Gasteiger partial charge in [-0.3, -0.25) is 0 Å². The summed E-state index contributed by atoms with van der Waals surface area (Å²) in [7, 11) is -4.38. The number of hydrogen-bond acceptors (Lipinski definition) is 4. The molecule has 0 aliphatic carbocycles. The fourth-order valence-corrected chi connectivity index (χ4v) is 3.31. The summed E-state index contributed by atoms with van der Waals surface area (Å²) in [4.78, 5) is -1.26. The first-order valence-electron chi connectivity index (χ1n) is 7.42. The molecule has 0 aromatic heterocycles. The van der Waals surface area contributed by atoms with Gasteiger partial charge in [-0.2, -0.15) is 31.6 Å². The van der Waals surface area contributed by atoms with Crippen LogP contribution in [0.4, 0.5) is 32.0 Å². The molecule has 0 aliphatic heterocycles. The van der Waals surface area contributed by atoms with Crippen LogP contribution >= 0.6 is 11.6 Å². The third-order valence-electron chi connectivity index (χ3n) is 3.48. The van der Waals surface area contributed by atoms with Crippen molar-refractivity contribution in [3.63, 3.8) is 0 Å². The normalized spacial score (nSPS) is 13.1. The van der Waals surface area contributed by atoms with Gasteiger partial charge < -0.3 is 5.32 Å². The van der Waals surface area contributed by atoms with Crippen molar-refractivity contribution in [1.82, 2.24) is 0 Å². The van der Waals surface area contributed by atoms with Gasteiger partial charge in [0.05, 0.1) is 16.0 Å². The first-order valence-corrected chi connectivity index (χ1v) is 9.28. The van der Waals surface area contributed by atoms with E-state index in [0.29, 0.717) is 18.3 Å². The first-order chi connectivity index (χ1) is 13.2. The molecule has 0 fully saturated rings. The number of halogens is 7. The van der Waals surface area contributed by atoms with Gasteiger partial charge in [-0.25, -0.2) is 8.42 Å². The van der Waals surface area contributed by atoms with Crippen LogP contribution in [0.25, 0.3) is 0 Å². The Morgan fingerprint density at radius 2 is 1.45 bits per heavy atom.